The number of rotatable bonds is 5. The maximum atomic E-state index is 12.8. The lowest BCUT2D eigenvalue weighted by Crippen LogP contribution is -2.40. The van der Waals surface area contributed by atoms with E-state index in [-0.39, 0.29) is 11.8 Å². The van der Waals surface area contributed by atoms with E-state index in [1.54, 1.807) is 0 Å². The van der Waals surface area contributed by atoms with Crippen molar-refractivity contribution in [3.63, 3.8) is 0 Å². The highest BCUT2D eigenvalue weighted by Gasteiger charge is 2.27. The quantitative estimate of drug-likeness (QED) is 0.471. The third-order valence-corrected chi connectivity index (χ3v) is 7.15. The number of nitrogens with one attached hydrogen (secondary N) is 1. The van der Waals surface area contributed by atoms with E-state index < -0.39 is 0 Å². The molecule has 0 bridgehead atoms. The second kappa shape index (κ2) is 9.41. The summed E-state index contributed by atoms with van der Waals surface area (Å²) in [6.07, 6.45) is 4.50. The lowest BCUT2D eigenvalue weighted by Gasteiger charge is -2.30. The van der Waals surface area contributed by atoms with Crippen LogP contribution in [0.25, 0.3) is 11.1 Å². The number of pyridine rings is 1. The van der Waals surface area contributed by atoms with Crippen molar-refractivity contribution in [2.24, 2.45) is 5.92 Å². The van der Waals surface area contributed by atoms with Gasteiger partial charge in [0.05, 0.1) is 0 Å². The Hall–Kier alpha value is -3.87. The van der Waals surface area contributed by atoms with Gasteiger partial charge in [-0.2, -0.15) is 4.98 Å². The molecule has 0 unspecified atom stereocenters. The zero-order chi connectivity index (χ0) is 23.6. The molecule has 2 aliphatic heterocycles. The number of oxazole rings is 1. The van der Waals surface area contributed by atoms with Crippen LogP contribution in [0.4, 0.5) is 11.8 Å². The summed E-state index contributed by atoms with van der Waals surface area (Å²) in [5, 5.41) is 3.11. The van der Waals surface area contributed by atoms with Crippen LogP contribution in [0, 0.1) is 5.92 Å². The van der Waals surface area contributed by atoms with E-state index >= 15 is 0 Å². The summed E-state index contributed by atoms with van der Waals surface area (Å²) in [4.78, 5) is 26.5. The summed E-state index contributed by atoms with van der Waals surface area (Å²) in [6.45, 7) is 3.89. The van der Waals surface area contributed by atoms with Gasteiger partial charge in [0, 0.05) is 44.8 Å². The molecule has 4 heterocycles. The molecule has 1 amide bonds. The second-order valence-corrected chi connectivity index (χ2v) is 9.41. The molecule has 0 aliphatic carbocycles. The van der Waals surface area contributed by atoms with Gasteiger partial charge in [-0.05, 0) is 54.2 Å². The van der Waals surface area contributed by atoms with Gasteiger partial charge in [0.15, 0.2) is 5.58 Å². The number of carbonyl (C=O) groups is 1. The van der Waals surface area contributed by atoms with E-state index in [0.717, 1.165) is 67.9 Å². The molecular formula is C28H29N5O2. The van der Waals surface area contributed by atoms with Crippen LogP contribution in [-0.4, -0.2) is 35.5 Å². The third kappa shape index (κ3) is 4.58. The standard InChI is InChI=1S/C28H29N5O2/c34-27(22-12-14-32(15-13-22)28-31-24-7-3-4-8-25(24)35-28)30-18-20-9-10-26(29-17-20)33-16-11-21-5-1-2-6-23(21)19-33/h1-10,17,22H,11-16,18-19H2,(H,30,34). The molecule has 1 saturated heterocycles. The fourth-order valence-corrected chi connectivity index (χ4v) is 5.06. The normalized spacial score (nSPS) is 16.3. The first-order valence-electron chi connectivity index (χ1n) is 12.4. The SMILES string of the molecule is O=C(NCc1ccc(N2CCc3ccccc3C2)nc1)C1CCN(c2nc3ccccc3o2)CC1. The van der Waals surface area contributed by atoms with Gasteiger partial charge >= 0.3 is 0 Å². The van der Waals surface area contributed by atoms with Crippen molar-refractivity contribution < 1.29 is 9.21 Å². The molecule has 178 valence electrons. The van der Waals surface area contributed by atoms with Gasteiger partial charge in [0.1, 0.15) is 11.3 Å². The monoisotopic (exact) mass is 467 g/mol. The Balaban J connectivity index is 0.996. The van der Waals surface area contributed by atoms with E-state index in [4.69, 9.17) is 4.42 Å². The number of para-hydroxylation sites is 2. The van der Waals surface area contributed by atoms with Crippen molar-refractivity contribution in [1.82, 2.24) is 15.3 Å². The van der Waals surface area contributed by atoms with Crippen molar-refractivity contribution >= 4 is 28.8 Å². The molecule has 7 heteroatoms. The Morgan fingerprint density at radius 3 is 2.54 bits per heavy atom. The van der Waals surface area contributed by atoms with E-state index in [2.05, 4.69) is 61.5 Å². The molecule has 2 aromatic carbocycles. The highest BCUT2D eigenvalue weighted by molar-refractivity contribution is 5.79. The Morgan fingerprint density at radius 2 is 1.74 bits per heavy atom. The van der Waals surface area contributed by atoms with Gasteiger partial charge in [0.2, 0.25) is 5.91 Å². The van der Waals surface area contributed by atoms with Gasteiger partial charge in [-0.3, -0.25) is 4.79 Å². The average molecular weight is 468 g/mol. The largest absolute Gasteiger partial charge is 0.423 e. The van der Waals surface area contributed by atoms with Gasteiger partial charge in [-0.25, -0.2) is 4.98 Å². The Bertz CT molecular complexity index is 1290. The number of nitrogens with zero attached hydrogens (tertiary/aromatic N) is 4. The molecular weight excluding hydrogens is 438 g/mol. The molecule has 0 atom stereocenters. The number of benzene rings is 2. The van der Waals surface area contributed by atoms with Crippen molar-refractivity contribution in [2.45, 2.75) is 32.4 Å². The van der Waals surface area contributed by atoms with E-state index in [1.165, 1.54) is 11.1 Å². The van der Waals surface area contributed by atoms with Crippen LogP contribution in [0.1, 0.15) is 29.5 Å². The maximum absolute atomic E-state index is 12.8. The van der Waals surface area contributed by atoms with E-state index in [9.17, 15) is 4.79 Å². The number of piperidine rings is 1. The number of fused-ring (bicyclic) bond motifs is 2. The smallest absolute Gasteiger partial charge is 0.298 e. The number of aromatic nitrogens is 2. The summed E-state index contributed by atoms with van der Waals surface area (Å²) in [6, 6.07) is 21.2. The van der Waals surface area contributed by atoms with Crippen LogP contribution in [0.15, 0.2) is 71.3 Å². The van der Waals surface area contributed by atoms with Crippen molar-refractivity contribution in [3.8, 4) is 0 Å². The number of anilines is 2. The van der Waals surface area contributed by atoms with Gasteiger partial charge in [-0.15, -0.1) is 0 Å². The van der Waals surface area contributed by atoms with Gasteiger partial charge in [0.25, 0.3) is 6.01 Å². The first-order chi connectivity index (χ1) is 17.2. The lowest BCUT2D eigenvalue weighted by atomic mass is 9.96. The molecule has 35 heavy (non-hydrogen) atoms. The topological polar surface area (TPSA) is 74.5 Å². The summed E-state index contributed by atoms with van der Waals surface area (Å²) in [5.41, 5.74) is 5.49. The fourth-order valence-electron chi connectivity index (χ4n) is 5.06. The molecule has 6 rings (SSSR count). The summed E-state index contributed by atoms with van der Waals surface area (Å²) >= 11 is 0. The number of hydrogen-bond acceptors (Lipinski definition) is 6. The zero-order valence-electron chi connectivity index (χ0n) is 19.7. The second-order valence-electron chi connectivity index (χ2n) is 9.41. The first-order valence-corrected chi connectivity index (χ1v) is 12.4. The Kier molecular flexibility index (Phi) is 5.82. The number of carbonyl (C=O) groups excluding carboxylic acids is 1. The number of amides is 1. The van der Waals surface area contributed by atoms with Crippen LogP contribution in [-0.2, 0) is 24.3 Å². The van der Waals surface area contributed by atoms with Crippen molar-refractivity contribution in [2.75, 3.05) is 29.4 Å². The van der Waals surface area contributed by atoms with E-state index in [1.807, 2.05) is 30.5 Å². The average Bonchev–Trinajstić information content (AvgIpc) is 3.36. The van der Waals surface area contributed by atoms with Crippen molar-refractivity contribution in [1.29, 1.82) is 0 Å². The molecule has 0 saturated carbocycles. The van der Waals surface area contributed by atoms with Crippen LogP contribution in [0.5, 0.6) is 0 Å². The summed E-state index contributed by atoms with van der Waals surface area (Å²) in [5.74, 6) is 1.11. The minimum atomic E-state index is 0.0104. The Morgan fingerprint density at radius 1 is 0.943 bits per heavy atom. The van der Waals surface area contributed by atoms with Gasteiger partial charge < -0.3 is 19.5 Å². The predicted octanol–water partition coefficient (Wildman–Crippen LogP) is 4.32. The van der Waals surface area contributed by atoms with Crippen LogP contribution in [0.2, 0.25) is 0 Å². The minimum absolute atomic E-state index is 0.0104. The van der Waals surface area contributed by atoms with Crippen LogP contribution in [0.3, 0.4) is 0 Å². The lowest BCUT2D eigenvalue weighted by molar-refractivity contribution is -0.125. The molecule has 4 aromatic rings. The Labute approximate surface area is 204 Å². The highest BCUT2D eigenvalue weighted by Crippen LogP contribution is 2.27. The molecule has 2 aliphatic rings. The molecule has 1 fully saturated rings. The molecule has 0 radical (unpaired) electrons. The van der Waals surface area contributed by atoms with Crippen LogP contribution >= 0.6 is 0 Å². The number of hydrogen-bond donors (Lipinski definition) is 1. The van der Waals surface area contributed by atoms with Crippen molar-refractivity contribution in [3.05, 3.63) is 83.6 Å². The molecule has 0 spiro atoms. The first kappa shape index (κ1) is 21.6. The summed E-state index contributed by atoms with van der Waals surface area (Å²) < 4.78 is 5.88. The molecule has 1 N–H and O–H groups in total. The zero-order valence-corrected chi connectivity index (χ0v) is 19.7. The predicted molar refractivity (Wildman–Crippen MR) is 136 cm³/mol. The maximum Gasteiger partial charge on any atom is 0.298 e. The highest BCUT2D eigenvalue weighted by atomic mass is 16.4. The van der Waals surface area contributed by atoms with E-state index in [0.29, 0.717) is 12.6 Å². The fraction of sp³-hybridized carbons (Fsp3) is 0.321. The van der Waals surface area contributed by atoms with Crippen LogP contribution < -0.4 is 15.1 Å². The van der Waals surface area contributed by atoms with Gasteiger partial charge in [-0.1, -0.05) is 42.5 Å². The molecule has 2 aromatic heterocycles. The summed E-state index contributed by atoms with van der Waals surface area (Å²) in [7, 11) is 0. The minimum Gasteiger partial charge on any atom is -0.423 e. The molecule has 7 nitrogen and oxygen atoms in total. The third-order valence-electron chi connectivity index (χ3n) is 7.15.